The van der Waals surface area contributed by atoms with Crippen LogP contribution in [0.2, 0.25) is 5.02 Å². The molecule has 0 bridgehead atoms. The van der Waals surface area contributed by atoms with Crippen LogP contribution < -0.4 is 5.32 Å². The largest absolute Gasteiger partial charge is 0.337 e. The number of halogens is 1. The van der Waals surface area contributed by atoms with Gasteiger partial charge in [0.1, 0.15) is 5.52 Å². The van der Waals surface area contributed by atoms with E-state index < -0.39 is 0 Å². The zero-order valence-electron chi connectivity index (χ0n) is 15.2. The molecule has 136 valence electrons. The molecule has 0 spiro atoms. The van der Waals surface area contributed by atoms with E-state index in [2.05, 4.69) is 39.0 Å². The van der Waals surface area contributed by atoms with Crippen molar-refractivity contribution in [3.8, 4) is 11.1 Å². The Morgan fingerprint density at radius 2 is 1.75 bits per heavy atom. The minimum Gasteiger partial charge on any atom is -0.337 e. The number of hydrogen-bond donors (Lipinski definition) is 1. The molecule has 0 unspecified atom stereocenters. The Morgan fingerprint density at radius 3 is 2.57 bits per heavy atom. The average Bonchev–Trinajstić information content (AvgIpc) is 3.22. The molecule has 0 aliphatic rings. The highest BCUT2D eigenvalue weighted by molar-refractivity contribution is 6.33. The van der Waals surface area contributed by atoms with Crippen molar-refractivity contribution in [2.75, 3.05) is 5.32 Å². The number of para-hydroxylation sites is 1. The second-order valence-electron chi connectivity index (χ2n) is 6.74. The highest BCUT2D eigenvalue weighted by Gasteiger charge is 2.12. The first kappa shape index (κ1) is 16.8. The van der Waals surface area contributed by atoms with Crippen LogP contribution in [-0.4, -0.2) is 14.4 Å². The van der Waals surface area contributed by atoms with Gasteiger partial charge in [0.15, 0.2) is 5.82 Å². The Kier molecular flexibility index (Phi) is 3.99. The van der Waals surface area contributed by atoms with Gasteiger partial charge >= 0.3 is 0 Å². The highest BCUT2D eigenvalue weighted by Crippen LogP contribution is 2.32. The number of nitrogens with one attached hydrogen (secondary N) is 1. The molecular formula is C23H17ClN4. The first-order valence-electron chi connectivity index (χ1n) is 9.04. The standard InChI is InChI=1S/C23H17ClN4/c1-15-6-5-9-18(24)22(15)27-23-21-13-25-14-28(21)20-12-17(10-11-19(20)26-23)16-7-3-2-4-8-16/h2-14H,1H3,(H,26,27). The molecule has 0 radical (unpaired) electrons. The highest BCUT2D eigenvalue weighted by atomic mass is 35.5. The van der Waals surface area contributed by atoms with Crippen molar-refractivity contribution < 1.29 is 0 Å². The van der Waals surface area contributed by atoms with Crippen molar-refractivity contribution in [1.82, 2.24) is 14.4 Å². The Morgan fingerprint density at radius 1 is 0.893 bits per heavy atom. The van der Waals surface area contributed by atoms with Crippen LogP contribution in [-0.2, 0) is 0 Å². The first-order chi connectivity index (χ1) is 13.7. The molecule has 1 N–H and O–H groups in total. The first-order valence-corrected chi connectivity index (χ1v) is 9.42. The molecule has 0 saturated carbocycles. The number of rotatable bonds is 3. The summed E-state index contributed by atoms with van der Waals surface area (Å²) in [5.74, 6) is 0.730. The number of fused-ring (bicyclic) bond motifs is 3. The van der Waals surface area contributed by atoms with Gasteiger partial charge in [0.25, 0.3) is 0 Å². The van der Waals surface area contributed by atoms with Gasteiger partial charge in [-0.05, 0) is 41.8 Å². The normalized spacial score (nSPS) is 11.2. The van der Waals surface area contributed by atoms with Crippen molar-refractivity contribution in [2.24, 2.45) is 0 Å². The van der Waals surface area contributed by atoms with Gasteiger partial charge in [-0.3, -0.25) is 4.40 Å². The average molecular weight is 385 g/mol. The summed E-state index contributed by atoms with van der Waals surface area (Å²) in [4.78, 5) is 9.21. The quantitative estimate of drug-likeness (QED) is 0.399. The molecule has 5 aromatic rings. The molecule has 4 nitrogen and oxygen atoms in total. The molecular weight excluding hydrogens is 368 g/mol. The number of anilines is 2. The van der Waals surface area contributed by atoms with Crippen molar-refractivity contribution >= 4 is 39.7 Å². The third-order valence-electron chi connectivity index (χ3n) is 4.92. The molecule has 0 amide bonds. The van der Waals surface area contributed by atoms with Gasteiger partial charge in [-0.1, -0.05) is 60.1 Å². The van der Waals surface area contributed by atoms with E-state index in [0.29, 0.717) is 5.02 Å². The molecule has 5 rings (SSSR count). The van der Waals surface area contributed by atoms with Crippen LogP contribution in [0.1, 0.15) is 5.56 Å². The summed E-state index contributed by atoms with van der Waals surface area (Å²) in [6, 6.07) is 22.5. The molecule has 0 atom stereocenters. The van der Waals surface area contributed by atoms with E-state index in [9.17, 15) is 0 Å². The molecule has 0 saturated heterocycles. The minimum atomic E-state index is 0.666. The number of imidazole rings is 1. The fourth-order valence-corrected chi connectivity index (χ4v) is 3.73. The van der Waals surface area contributed by atoms with Gasteiger partial charge in [-0.15, -0.1) is 0 Å². The van der Waals surface area contributed by atoms with Gasteiger partial charge in [-0.2, -0.15) is 0 Å². The van der Waals surface area contributed by atoms with Crippen LogP contribution in [0.4, 0.5) is 11.5 Å². The number of hydrogen-bond acceptors (Lipinski definition) is 3. The number of benzene rings is 3. The summed E-state index contributed by atoms with van der Waals surface area (Å²) >= 11 is 6.40. The molecule has 2 heterocycles. The Hall–Kier alpha value is -3.37. The molecule has 3 aromatic carbocycles. The maximum atomic E-state index is 6.40. The fourth-order valence-electron chi connectivity index (χ4n) is 3.46. The maximum Gasteiger partial charge on any atom is 0.157 e. The van der Waals surface area contributed by atoms with Gasteiger partial charge in [0.2, 0.25) is 0 Å². The van der Waals surface area contributed by atoms with Gasteiger partial charge in [0.05, 0.1) is 34.3 Å². The van der Waals surface area contributed by atoms with E-state index in [1.54, 1.807) is 0 Å². The molecule has 0 aliphatic carbocycles. The van der Waals surface area contributed by atoms with Crippen LogP contribution in [0.5, 0.6) is 0 Å². The van der Waals surface area contributed by atoms with Gasteiger partial charge in [-0.25, -0.2) is 9.97 Å². The fraction of sp³-hybridized carbons (Fsp3) is 0.0435. The van der Waals surface area contributed by atoms with Gasteiger partial charge < -0.3 is 5.32 Å². The van der Waals surface area contributed by atoms with Crippen LogP contribution >= 0.6 is 11.6 Å². The van der Waals surface area contributed by atoms with Crippen molar-refractivity contribution in [3.05, 3.63) is 89.8 Å². The summed E-state index contributed by atoms with van der Waals surface area (Å²) in [6.07, 6.45) is 3.63. The zero-order chi connectivity index (χ0) is 19.1. The second-order valence-corrected chi connectivity index (χ2v) is 7.14. The minimum absolute atomic E-state index is 0.666. The van der Waals surface area contributed by atoms with Crippen LogP contribution in [0.15, 0.2) is 79.3 Å². The maximum absolute atomic E-state index is 6.40. The molecule has 5 heteroatoms. The summed E-state index contributed by atoms with van der Waals surface area (Å²) in [6.45, 7) is 2.02. The van der Waals surface area contributed by atoms with E-state index in [1.165, 1.54) is 5.56 Å². The second kappa shape index (κ2) is 6.66. The molecule has 0 fully saturated rings. The number of nitrogens with zero attached hydrogens (tertiary/aromatic N) is 3. The smallest absolute Gasteiger partial charge is 0.157 e. The van der Waals surface area contributed by atoms with Gasteiger partial charge in [0, 0.05) is 0 Å². The third kappa shape index (κ3) is 2.79. The van der Waals surface area contributed by atoms with E-state index in [0.717, 1.165) is 39.2 Å². The lowest BCUT2D eigenvalue weighted by Crippen LogP contribution is -2.01. The molecule has 0 aliphatic heterocycles. The number of aromatic nitrogens is 3. The molecule has 28 heavy (non-hydrogen) atoms. The van der Waals surface area contributed by atoms with E-state index in [4.69, 9.17) is 16.6 Å². The van der Waals surface area contributed by atoms with Crippen LogP contribution in [0, 0.1) is 6.92 Å². The van der Waals surface area contributed by atoms with Crippen molar-refractivity contribution in [3.63, 3.8) is 0 Å². The monoisotopic (exact) mass is 384 g/mol. The summed E-state index contributed by atoms with van der Waals surface area (Å²) in [7, 11) is 0. The lowest BCUT2D eigenvalue weighted by Gasteiger charge is -2.14. The van der Waals surface area contributed by atoms with E-state index >= 15 is 0 Å². The Bertz CT molecular complexity index is 1290. The van der Waals surface area contributed by atoms with E-state index in [1.807, 2.05) is 61.9 Å². The van der Waals surface area contributed by atoms with Crippen LogP contribution in [0.25, 0.3) is 27.7 Å². The Balaban J connectivity index is 1.69. The third-order valence-corrected chi connectivity index (χ3v) is 5.24. The lowest BCUT2D eigenvalue weighted by atomic mass is 10.1. The predicted molar refractivity (Wildman–Crippen MR) is 115 cm³/mol. The number of aryl methyl sites for hydroxylation is 1. The predicted octanol–water partition coefficient (Wildman–Crippen LogP) is 6.25. The Labute approximate surface area is 167 Å². The van der Waals surface area contributed by atoms with Crippen molar-refractivity contribution in [1.29, 1.82) is 0 Å². The topological polar surface area (TPSA) is 42.2 Å². The summed E-state index contributed by atoms with van der Waals surface area (Å²) in [5.41, 5.74) is 7.04. The van der Waals surface area contributed by atoms with Crippen LogP contribution in [0.3, 0.4) is 0 Å². The zero-order valence-corrected chi connectivity index (χ0v) is 16.0. The summed E-state index contributed by atoms with van der Waals surface area (Å²) in [5, 5.41) is 4.07. The lowest BCUT2D eigenvalue weighted by molar-refractivity contribution is 1.19. The summed E-state index contributed by atoms with van der Waals surface area (Å²) < 4.78 is 2.06. The van der Waals surface area contributed by atoms with Crippen molar-refractivity contribution in [2.45, 2.75) is 6.92 Å². The van der Waals surface area contributed by atoms with E-state index in [-0.39, 0.29) is 0 Å². The SMILES string of the molecule is Cc1cccc(Cl)c1Nc1nc2ccc(-c3ccccc3)cc2n2cncc12. The molecule has 2 aromatic heterocycles.